The van der Waals surface area contributed by atoms with E-state index in [9.17, 15) is 9.18 Å². The van der Waals surface area contributed by atoms with Crippen LogP contribution in [0, 0.1) is 5.82 Å². The third-order valence-corrected chi connectivity index (χ3v) is 5.83. The number of ether oxygens (including phenoxy) is 2. The lowest BCUT2D eigenvalue weighted by atomic mass is 10.1. The molecule has 32 heavy (non-hydrogen) atoms. The molecule has 2 aliphatic heterocycles. The van der Waals surface area contributed by atoms with Gasteiger partial charge in [0.05, 0.1) is 6.04 Å². The van der Waals surface area contributed by atoms with Crippen molar-refractivity contribution in [2.24, 2.45) is 0 Å². The van der Waals surface area contributed by atoms with E-state index in [4.69, 9.17) is 21.1 Å². The van der Waals surface area contributed by atoms with Gasteiger partial charge in [-0.25, -0.2) is 19.2 Å². The number of thioether (sulfide) groups is 1. The van der Waals surface area contributed by atoms with Crippen LogP contribution in [0.4, 0.5) is 15.0 Å². The molecule has 1 amide bonds. The van der Waals surface area contributed by atoms with Crippen LogP contribution in [0.15, 0.2) is 5.16 Å². The van der Waals surface area contributed by atoms with E-state index in [0.717, 1.165) is 0 Å². The number of pyridine rings is 1. The van der Waals surface area contributed by atoms with Crippen LogP contribution in [-0.4, -0.2) is 69.6 Å². The molecular formula is C21H29ClFN5O3S. The largest absolute Gasteiger partial charge is 0.472 e. The summed E-state index contributed by atoms with van der Waals surface area (Å²) < 4.78 is 26.4. The first-order valence-corrected chi connectivity index (χ1v) is 12.2. The Balaban J connectivity index is 0.00000141. The highest BCUT2D eigenvalue weighted by Gasteiger charge is 2.40. The van der Waals surface area contributed by atoms with Crippen molar-refractivity contribution in [2.45, 2.75) is 64.4 Å². The summed E-state index contributed by atoms with van der Waals surface area (Å²) in [4.78, 5) is 29.4. The third-order valence-electron chi connectivity index (χ3n) is 5.04. The van der Waals surface area contributed by atoms with Gasteiger partial charge in [-0.1, -0.05) is 37.2 Å². The summed E-state index contributed by atoms with van der Waals surface area (Å²) in [6.45, 7) is 12.7. The van der Waals surface area contributed by atoms with Gasteiger partial charge in [0.25, 0.3) is 0 Å². The van der Waals surface area contributed by atoms with E-state index in [1.54, 1.807) is 4.90 Å². The molecule has 1 fully saturated rings. The molecular weight excluding hydrogens is 457 g/mol. The molecule has 0 aliphatic carbocycles. The summed E-state index contributed by atoms with van der Waals surface area (Å²) in [5.41, 5.74) is -0.498. The Kier molecular flexibility index (Phi) is 7.24. The minimum absolute atomic E-state index is 0.0850. The van der Waals surface area contributed by atoms with E-state index in [1.165, 1.54) is 11.8 Å². The highest BCUT2D eigenvalue weighted by Crippen LogP contribution is 2.41. The normalized spacial score (nSPS) is 20.0. The van der Waals surface area contributed by atoms with E-state index >= 15 is 0 Å². The number of halogens is 2. The van der Waals surface area contributed by atoms with E-state index in [0.29, 0.717) is 36.0 Å². The number of anilines is 1. The number of hydrogen-bond donors (Lipinski definition) is 0. The van der Waals surface area contributed by atoms with Gasteiger partial charge >= 0.3 is 6.09 Å². The van der Waals surface area contributed by atoms with E-state index in [2.05, 4.69) is 15.0 Å². The van der Waals surface area contributed by atoms with Crippen LogP contribution in [0.5, 0.6) is 5.88 Å². The fourth-order valence-corrected chi connectivity index (χ4v) is 4.21. The Hall–Kier alpha value is -2.07. The molecule has 176 valence electrons. The quantitative estimate of drug-likeness (QED) is 0.324. The second-order valence-electron chi connectivity index (χ2n) is 8.29. The van der Waals surface area contributed by atoms with Crippen molar-refractivity contribution in [3.63, 3.8) is 0 Å². The van der Waals surface area contributed by atoms with Crippen molar-refractivity contribution in [3.05, 3.63) is 11.0 Å². The smallest absolute Gasteiger partial charge is 0.410 e. The Morgan fingerprint density at radius 3 is 2.56 bits per heavy atom. The monoisotopic (exact) mass is 485 g/mol. The highest BCUT2D eigenvalue weighted by atomic mass is 35.5. The molecule has 2 aromatic heterocycles. The number of hydrogen-bond acceptors (Lipinski definition) is 8. The average molecular weight is 486 g/mol. The molecule has 0 bridgehead atoms. The van der Waals surface area contributed by atoms with Gasteiger partial charge in [-0.05, 0) is 34.0 Å². The molecule has 0 saturated carbocycles. The predicted molar refractivity (Wildman–Crippen MR) is 124 cm³/mol. The van der Waals surface area contributed by atoms with Gasteiger partial charge in [0, 0.05) is 19.6 Å². The molecule has 2 aromatic rings. The maximum absolute atomic E-state index is 14.8. The van der Waals surface area contributed by atoms with E-state index < -0.39 is 11.4 Å². The zero-order valence-corrected chi connectivity index (χ0v) is 21.0. The van der Waals surface area contributed by atoms with Crippen LogP contribution in [0.25, 0.3) is 10.9 Å². The van der Waals surface area contributed by atoms with E-state index in [1.807, 2.05) is 52.7 Å². The summed E-state index contributed by atoms with van der Waals surface area (Å²) in [5.74, 6) is 0.0434. The zero-order chi connectivity index (χ0) is 23.8. The number of rotatable bonds is 1. The lowest BCUT2D eigenvalue weighted by Gasteiger charge is -2.43. The predicted octanol–water partition coefficient (Wildman–Crippen LogP) is 4.77. The number of amides is 1. The van der Waals surface area contributed by atoms with Gasteiger partial charge in [-0.3, -0.25) is 0 Å². The fourth-order valence-electron chi connectivity index (χ4n) is 3.68. The lowest BCUT2D eigenvalue weighted by Crippen LogP contribution is -2.59. The van der Waals surface area contributed by atoms with Crippen molar-refractivity contribution in [1.29, 1.82) is 0 Å². The van der Waals surface area contributed by atoms with Crippen LogP contribution in [0.1, 0.15) is 41.5 Å². The van der Waals surface area contributed by atoms with Gasteiger partial charge in [0.1, 0.15) is 28.4 Å². The number of aromatic nitrogens is 3. The van der Waals surface area contributed by atoms with E-state index in [-0.39, 0.29) is 34.8 Å². The summed E-state index contributed by atoms with van der Waals surface area (Å²) in [6, 6.07) is -0.227. The average Bonchev–Trinajstić information content (AvgIpc) is 2.86. The van der Waals surface area contributed by atoms with Gasteiger partial charge < -0.3 is 19.3 Å². The Morgan fingerprint density at radius 2 is 1.94 bits per heavy atom. The maximum Gasteiger partial charge on any atom is 0.410 e. The molecule has 2 atom stereocenters. The molecule has 8 nitrogen and oxygen atoms in total. The van der Waals surface area contributed by atoms with Crippen molar-refractivity contribution in [1.82, 2.24) is 19.9 Å². The SMILES string of the molecule is CC.CSc1nc2c3c(nc(Cl)c(F)c3n1)OC(C)C1CN(C(=O)OC(C)(C)C)CCN21. The van der Waals surface area contributed by atoms with Crippen LogP contribution < -0.4 is 9.64 Å². The second kappa shape index (κ2) is 9.43. The topological polar surface area (TPSA) is 80.7 Å². The van der Waals surface area contributed by atoms with Crippen molar-refractivity contribution in [2.75, 3.05) is 30.8 Å². The zero-order valence-electron chi connectivity index (χ0n) is 19.4. The number of carbonyl (C=O) groups is 1. The minimum atomic E-state index is -0.698. The fraction of sp³-hybridized carbons (Fsp3) is 0.619. The molecule has 4 heterocycles. The maximum atomic E-state index is 14.8. The number of fused-ring (bicyclic) bond motifs is 2. The van der Waals surface area contributed by atoms with Crippen molar-refractivity contribution >= 4 is 46.2 Å². The third kappa shape index (κ3) is 4.66. The molecule has 0 N–H and O–H groups in total. The van der Waals surface area contributed by atoms with Crippen LogP contribution in [0.3, 0.4) is 0 Å². The summed E-state index contributed by atoms with van der Waals surface area (Å²) in [5, 5.41) is 0.527. The lowest BCUT2D eigenvalue weighted by molar-refractivity contribution is 0.0175. The number of piperazine rings is 1. The van der Waals surface area contributed by atoms with Crippen LogP contribution in [-0.2, 0) is 4.74 Å². The first kappa shape index (κ1) is 24.6. The molecule has 0 radical (unpaired) electrons. The highest BCUT2D eigenvalue weighted by molar-refractivity contribution is 7.98. The Morgan fingerprint density at radius 1 is 1.25 bits per heavy atom. The second-order valence-corrected chi connectivity index (χ2v) is 9.42. The van der Waals surface area contributed by atoms with Gasteiger partial charge in [0.2, 0.25) is 5.88 Å². The summed E-state index contributed by atoms with van der Waals surface area (Å²) in [6.07, 6.45) is 1.09. The molecule has 0 spiro atoms. The standard InChI is InChI=1S/C19H23ClFN5O3S.C2H6/c1-9-10-8-25(18(27)29-19(2,3)4)6-7-26(10)15-11-13(22-17(24-15)30-5)12(21)14(20)23-16(11)28-9;1-2/h9-10H,6-8H2,1-5H3;1-2H3. The number of carbonyl (C=O) groups excluding carboxylic acids is 1. The summed E-state index contributed by atoms with van der Waals surface area (Å²) >= 11 is 7.32. The number of nitrogens with zero attached hydrogens (tertiary/aromatic N) is 5. The first-order valence-electron chi connectivity index (χ1n) is 10.6. The van der Waals surface area contributed by atoms with Crippen LogP contribution in [0.2, 0.25) is 5.15 Å². The molecule has 11 heteroatoms. The van der Waals surface area contributed by atoms with Crippen LogP contribution >= 0.6 is 23.4 Å². The van der Waals surface area contributed by atoms with Gasteiger partial charge in [0.15, 0.2) is 16.1 Å². The molecule has 4 rings (SSSR count). The van der Waals surface area contributed by atoms with Crippen molar-refractivity contribution in [3.8, 4) is 5.88 Å². The Bertz CT molecular complexity index is 1020. The van der Waals surface area contributed by atoms with Gasteiger partial charge in [-0.2, -0.15) is 4.98 Å². The molecule has 0 aromatic carbocycles. The molecule has 2 unspecified atom stereocenters. The first-order chi connectivity index (χ1) is 15.1. The Labute approximate surface area is 196 Å². The minimum Gasteiger partial charge on any atom is -0.472 e. The van der Waals surface area contributed by atoms with Gasteiger partial charge in [-0.15, -0.1) is 0 Å². The molecule has 2 aliphatic rings. The van der Waals surface area contributed by atoms with Crippen molar-refractivity contribution < 1.29 is 18.7 Å². The molecule has 1 saturated heterocycles. The summed E-state index contributed by atoms with van der Waals surface area (Å²) in [7, 11) is 0.